The molecule has 3 nitrogen and oxygen atoms in total. The van der Waals surface area contributed by atoms with Crippen molar-refractivity contribution < 1.29 is 4.79 Å². The summed E-state index contributed by atoms with van der Waals surface area (Å²) in [7, 11) is 0. The van der Waals surface area contributed by atoms with E-state index in [0.717, 1.165) is 11.0 Å². The predicted octanol–water partition coefficient (Wildman–Crippen LogP) is 3.97. The van der Waals surface area contributed by atoms with E-state index in [2.05, 4.69) is 44.3 Å². The molecule has 1 N–H and O–H groups in total. The van der Waals surface area contributed by atoms with Gasteiger partial charge in [0.1, 0.15) is 0 Å². The van der Waals surface area contributed by atoms with Crippen LogP contribution in [-0.4, -0.2) is 23.9 Å². The Morgan fingerprint density at radius 2 is 1.65 bits per heavy atom. The van der Waals surface area contributed by atoms with Crippen LogP contribution >= 0.6 is 15.9 Å². The van der Waals surface area contributed by atoms with E-state index in [0.29, 0.717) is 12.1 Å². The van der Waals surface area contributed by atoms with E-state index in [9.17, 15) is 4.79 Å². The highest BCUT2D eigenvalue weighted by Gasteiger charge is 2.14. The summed E-state index contributed by atoms with van der Waals surface area (Å²) >= 11 is 3.43. The van der Waals surface area contributed by atoms with E-state index in [1.54, 1.807) is 0 Å². The molecule has 0 aliphatic carbocycles. The standard InChI is InChI=1S/C19H21BrN2O/c20-18-10-4-3-9-17(18)19(23)21-13-15-7-1-2-8-16(15)14-22-11-5-6-12-22/h1-4,7-10H,5-6,11-14H2,(H,21,23). The van der Waals surface area contributed by atoms with Gasteiger partial charge in [-0.15, -0.1) is 0 Å². The molecule has 1 aliphatic heterocycles. The van der Waals surface area contributed by atoms with Crippen LogP contribution in [0.1, 0.15) is 34.3 Å². The van der Waals surface area contributed by atoms with Crippen molar-refractivity contribution in [1.29, 1.82) is 0 Å². The molecule has 4 heteroatoms. The van der Waals surface area contributed by atoms with Crippen molar-refractivity contribution in [1.82, 2.24) is 10.2 Å². The van der Waals surface area contributed by atoms with Crippen LogP contribution < -0.4 is 5.32 Å². The van der Waals surface area contributed by atoms with Gasteiger partial charge in [0.15, 0.2) is 0 Å². The summed E-state index contributed by atoms with van der Waals surface area (Å²) in [5, 5.41) is 3.03. The van der Waals surface area contributed by atoms with Gasteiger partial charge in [-0.1, -0.05) is 36.4 Å². The third-order valence-corrected chi connectivity index (χ3v) is 4.96. The maximum Gasteiger partial charge on any atom is 0.252 e. The first-order valence-electron chi connectivity index (χ1n) is 8.06. The normalized spacial score (nSPS) is 14.8. The van der Waals surface area contributed by atoms with Gasteiger partial charge in [0.2, 0.25) is 0 Å². The van der Waals surface area contributed by atoms with Crippen LogP contribution in [0.4, 0.5) is 0 Å². The Morgan fingerprint density at radius 1 is 1.00 bits per heavy atom. The first kappa shape index (κ1) is 16.2. The highest BCUT2D eigenvalue weighted by molar-refractivity contribution is 9.10. The van der Waals surface area contributed by atoms with Crippen LogP contribution in [0.25, 0.3) is 0 Å². The monoisotopic (exact) mass is 372 g/mol. The van der Waals surface area contributed by atoms with E-state index < -0.39 is 0 Å². The first-order chi connectivity index (χ1) is 11.2. The van der Waals surface area contributed by atoms with Crippen LogP contribution in [-0.2, 0) is 13.1 Å². The van der Waals surface area contributed by atoms with Crippen molar-refractivity contribution in [3.8, 4) is 0 Å². The molecule has 0 bridgehead atoms. The van der Waals surface area contributed by atoms with Gasteiger partial charge in [-0.05, 0) is 65.1 Å². The second-order valence-corrected chi connectivity index (χ2v) is 6.77. The zero-order valence-electron chi connectivity index (χ0n) is 13.1. The Morgan fingerprint density at radius 3 is 2.39 bits per heavy atom. The highest BCUT2D eigenvalue weighted by atomic mass is 79.9. The summed E-state index contributed by atoms with van der Waals surface area (Å²) in [5.74, 6) is -0.0477. The Bertz CT molecular complexity index is 681. The molecule has 1 heterocycles. The van der Waals surface area contributed by atoms with E-state index >= 15 is 0 Å². The molecule has 1 aliphatic rings. The van der Waals surface area contributed by atoms with Gasteiger partial charge in [-0.2, -0.15) is 0 Å². The van der Waals surface area contributed by atoms with E-state index in [-0.39, 0.29) is 5.91 Å². The molecule has 2 aromatic rings. The van der Waals surface area contributed by atoms with Gasteiger partial charge in [0.05, 0.1) is 5.56 Å². The van der Waals surface area contributed by atoms with Gasteiger partial charge >= 0.3 is 0 Å². The molecule has 1 fully saturated rings. The summed E-state index contributed by atoms with van der Waals surface area (Å²) < 4.78 is 0.822. The number of nitrogens with zero attached hydrogens (tertiary/aromatic N) is 1. The van der Waals surface area contributed by atoms with E-state index in [1.165, 1.54) is 37.1 Å². The van der Waals surface area contributed by atoms with Crippen molar-refractivity contribution in [2.45, 2.75) is 25.9 Å². The molecular formula is C19H21BrN2O. The number of benzene rings is 2. The topological polar surface area (TPSA) is 32.3 Å². The Balaban J connectivity index is 1.66. The number of hydrogen-bond donors (Lipinski definition) is 1. The minimum Gasteiger partial charge on any atom is -0.348 e. The molecule has 0 radical (unpaired) electrons. The molecule has 0 spiro atoms. The lowest BCUT2D eigenvalue weighted by molar-refractivity contribution is 0.0950. The molecule has 3 rings (SSSR count). The van der Waals surface area contributed by atoms with Crippen LogP contribution in [0.3, 0.4) is 0 Å². The molecule has 120 valence electrons. The summed E-state index contributed by atoms with van der Waals surface area (Å²) in [6.07, 6.45) is 2.59. The molecule has 1 saturated heterocycles. The lowest BCUT2D eigenvalue weighted by Crippen LogP contribution is -2.25. The van der Waals surface area contributed by atoms with Gasteiger partial charge in [-0.25, -0.2) is 0 Å². The summed E-state index contributed by atoms with van der Waals surface area (Å²) in [6, 6.07) is 15.9. The number of rotatable bonds is 5. The summed E-state index contributed by atoms with van der Waals surface area (Å²) in [5.41, 5.74) is 3.17. The molecule has 0 unspecified atom stereocenters. The second kappa shape index (κ2) is 7.75. The van der Waals surface area contributed by atoms with Crippen molar-refractivity contribution in [3.63, 3.8) is 0 Å². The number of carbonyl (C=O) groups is 1. The third kappa shape index (κ3) is 4.21. The van der Waals surface area contributed by atoms with Crippen LogP contribution in [0.2, 0.25) is 0 Å². The molecule has 2 aromatic carbocycles. The van der Waals surface area contributed by atoms with Crippen molar-refractivity contribution >= 4 is 21.8 Å². The second-order valence-electron chi connectivity index (χ2n) is 5.91. The zero-order chi connectivity index (χ0) is 16.1. The molecule has 23 heavy (non-hydrogen) atoms. The average molecular weight is 373 g/mol. The molecule has 0 atom stereocenters. The number of hydrogen-bond acceptors (Lipinski definition) is 2. The molecule has 0 saturated carbocycles. The number of nitrogens with one attached hydrogen (secondary N) is 1. The Hall–Kier alpha value is -1.65. The fourth-order valence-electron chi connectivity index (χ4n) is 2.98. The van der Waals surface area contributed by atoms with Crippen molar-refractivity contribution in [3.05, 3.63) is 69.7 Å². The number of amides is 1. The quantitative estimate of drug-likeness (QED) is 0.860. The molecular weight excluding hydrogens is 352 g/mol. The fourth-order valence-corrected chi connectivity index (χ4v) is 3.45. The van der Waals surface area contributed by atoms with Crippen LogP contribution in [0, 0.1) is 0 Å². The largest absolute Gasteiger partial charge is 0.348 e. The van der Waals surface area contributed by atoms with Crippen LogP contribution in [0.5, 0.6) is 0 Å². The minimum absolute atomic E-state index is 0.0477. The smallest absolute Gasteiger partial charge is 0.252 e. The Labute approximate surface area is 145 Å². The minimum atomic E-state index is -0.0477. The maximum atomic E-state index is 12.3. The maximum absolute atomic E-state index is 12.3. The van der Waals surface area contributed by atoms with Gasteiger partial charge < -0.3 is 5.32 Å². The predicted molar refractivity (Wildman–Crippen MR) is 96.3 cm³/mol. The number of carbonyl (C=O) groups excluding carboxylic acids is 1. The van der Waals surface area contributed by atoms with E-state index in [1.807, 2.05) is 30.3 Å². The SMILES string of the molecule is O=C(NCc1ccccc1CN1CCCC1)c1ccccc1Br. The first-order valence-corrected chi connectivity index (χ1v) is 8.85. The van der Waals surface area contributed by atoms with Crippen molar-refractivity contribution in [2.24, 2.45) is 0 Å². The molecule has 0 aromatic heterocycles. The van der Waals surface area contributed by atoms with Gasteiger partial charge in [-0.3, -0.25) is 9.69 Å². The van der Waals surface area contributed by atoms with Crippen LogP contribution in [0.15, 0.2) is 53.0 Å². The molecule has 1 amide bonds. The van der Waals surface area contributed by atoms with Crippen molar-refractivity contribution in [2.75, 3.05) is 13.1 Å². The summed E-state index contributed by atoms with van der Waals surface area (Å²) in [6.45, 7) is 3.89. The van der Waals surface area contributed by atoms with Gasteiger partial charge in [0.25, 0.3) is 5.91 Å². The number of halogens is 1. The Kier molecular flexibility index (Phi) is 5.47. The average Bonchev–Trinajstić information content (AvgIpc) is 3.07. The lowest BCUT2D eigenvalue weighted by atomic mass is 10.1. The highest BCUT2D eigenvalue weighted by Crippen LogP contribution is 2.18. The zero-order valence-corrected chi connectivity index (χ0v) is 14.7. The lowest BCUT2D eigenvalue weighted by Gasteiger charge is -2.17. The summed E-state index contributed by atoms with van der Waals surface area (Å²) in [4.78, 5) is 14.8. The van der Waals surface area contributed by atoms with Gasteiger partial charge in [0, 0.05) is 17.6 Å². The third-order valence-electron chi connectivity index (χ3n) is 4.27. The number of likely N-dealkylation sites (tertiary alicyclic amines) is 1. The van der Waals surface area contributed by atoms with E-state index in [4.69, 9.17) is 0 Å². The fraction of sp³-hybridized carbons (Fsp3) is 0.316.